The zero-order valence-electron chi connectivity index (χ0n) is 13.0. The molecular weight excluding hydrogens is 280 g/mol. The average molecular weight is 300 g/mol. The largest absolute Gasteiger partial charge is 0.493 e. The van der Waals surface area contributed by atoms with Crippen molar-refractivity contribution in [3.63, 3.8) is 0 Å². The first-order chi connectivity index (χ1) is 10.5. The Labute approximate surface area is 130 Å². The molecule has 4 nitrogen and oxygen atoms in total. The van der Waals surface area contributed by atoms with Crippen LogP contribution in [0.4, 0.5) is 0 Å². The van der Waals surface area contributed by atoms with E-state index in [4.69, 9.17) is 9.47 Å². The number of hydrogen-bond donors (Lipinski definition) is 1. The summed E-state index contributed by atoms with van der Waals surface area (Å²) in [6.07, 6.45) is 0.353. The minimum Gasteiger partial charge on any atom is -0.493 e. The van der Waals surface area contributed by atoms with Gasteiger partial charge in [-0.05, 0) is 36.6 Å². The molecule has 116 valence electrons. The van der Waals surface area contributed by atoms with Gasteiger partial charge < -0.3 is 14.6 Å². The second-order valence-electron chi connectivity index (χ2n) is 5.22. The van der Waals surface area contributed by atoms with Gasteiger partial charge in [0.25, 0.3) is 0 Å². The maximum atomic E-state index is 11.4. The van der Waals surface area contributed by atoms with E-state index in [1.54, 1.807) is 27.0 Å². The lowest BCUT2D eigenvalue weighted by atomic mass is 10.0. The first-order valence-corrected chi connectivity index (χ1v) is 7.16. The lowest BCUT2D eigenvalue weighted by molar-refractivity contribution is -0.154. The van der Waals surface area contributed by atoms with Crippen molar-refractivity contribution in [2.45, 2.75) is 25.9 Å². The van der Waals surface area contributed by atoms with E-state index < -0.39 is 11.6 Å². The summed E-state index contributed by atoms with van der Waals surface area (Å²) in [6, 6.07) is 15.4. The first-order valence-electron chi connectivity index (χ1n) is 7.16. The molecule has 0 amide bonds. The van der Waals surface area contributed by atoms with E-state index in [0.29, 0.717) is 17.9 Å². The van der Waals surface area contributed by atoms with Crippen LogP contribution in [0.2, 0.25) is 0 Å². The van der Waals surface area contributed by atoms with Gasteiger partial charge in [0, 0.05) is 0 Å². The van der Waals surface area contributed by atoms with Crippen molar-refractivity contribution in [1.82, 2.24) is 0 Å². The van der Waals surface area contributed by atoms with Crippen LogP contribution in [0.1, 0.15) is 20.3 Å². The molecule has 0 spiro atoms. The van der Waals surface area contributed by atoms with E-state index >= 15 is 0 Å². The lowest BCUT2D eigenvalue weighted by Crippen LogP contribution is -2.40. The summed E-state index contributed by atoms with van der Waals surface area (Å²) < 4.78 is 11.1. The highest BCUT2D eigenvalue weighted by atomic mass is 16.5. The van der Waals surface area contributed by atoms with E-state index in [9.17, 15) is 9.90 Å². The molecule has 0 saturated heterocycles. The van der Waals surface area contributed by atoms with E-state index in [-0.39, 0.29) is 0 Å². The highest BCUT2D eigenvalue weighted by Gasteiger charge is 2.34. The van der Waals surface area contributed by atoms with Crippen LogP contribution in [0.3, 0.4) is 0 Å². The van der Waals surface area contributed by atoms with Gasteiger partial charge in [-0.2, -0.15) is 0 Å². The summed E-state index contributed by atoms with van der Waals surface area (Å²) in [4.78, 5) is 11.4. The standard InChI is InChI=1S/C18H20O4/c1-4-18(2,17(19)20)22-15-11-10-14(12-16(15)21-3)13-8-6-5-7-9-13/h5-12H,4H2,1-3H3,(H,19,20). The molecule has 1 N–H and O–H groups in total. The third kappa shape index (κ3) is 3.22. The van der Waals surface area contributed by atoms with Crippen molar-refractivity contribution in [2.24, 2.45) is 0 Å². The number of hydrogen-bond acceptors (Lipinski definition) is 3. The molecule has 0 aromatic heterocycles. The average Bonchev–Trinajstić information content (AvgIpc) is 2.55. The molecule has 2 rings (SSSR count). The van der Waals surface area contributed by atoms with E-state index in [0.717, 1.165) is 11.1 Å². The summed E-state index contributed by atoms with van der Waals surface area (Å²) in [5.74, 6) is -0.0552. The predicted molar refractivity (Wildman–Crippen MR) is 85.4 cm³/mol. The molecule has 1 unspecified atom stereocenters. The molecule has 0 aliphatic rings. The van der Waals surface area contributed by atoms with Crippen LogP contribution < -0.4 is 9.47 Å². The number of rotatable bonds is 6. The van der Waals surface area contributed by atoms with Gasteiger partial charge in [0.1, 0.15) is 0 Å². The number of ether oxygens (including phenoxy) is 2. The molecule has 0 saturated carbocycles. The van der Waals surface area contributed by atoms with Crippen LogP contribution in [0, 0.1) is 0 Å². The molecule has 2 aromatic carbocycles. The lowest BCUT2D eigenvalue weighted by Gasteiger charge is -2.26. The van der Waals surface area contributed by atoms with Crippen molar-refractivity contribution in [1.29, 1.82) is 0 Å². The van der Waals surface area contributed by atoms with Gasteiger partial charge in [-0.3, -0.25) is 0 Å². The number of aliphatic carboxylic acids is 1. The van der Waals surface area contributed by atoms with Crippen molar-refractivity contribution in [3.8, 4) is 22.6 Å². The monoisotopic (exact) mass is 300 g/mol. The van der Waals surface area contributed by atoms with E-state index in [1.807, 2.05) is 42.5 Å². The van der Waals surface area contributed by atoms with Gasteiger partial charge in [0.05, 0.1) is 7.11 Å². The zero-order valence-corrected chi connectivity index (χ0v) is 13.0. The van der Waals surface area contributed by atoms with Crippen molar-refractivity contribution in [3.05, 3.63) is 48.5 Å². The summed E-state index contributed by atoms with van der Waals surface area (Å²) in [7, 11) is 1.54. The number of carboxylic acids is 1. The second-order valence-corrected chi connectivity index (χ2v) is 5.22. The van der Waals surface area contributed by atoms with Crippen molar-refractivity contribution >= 4 is 5.97 Å². The molecule has 1 atom stereocenters. The van der Waals surface area contributed by atoms with Gasteiger partial charge in [0.15, 0.2) is 11.5 Å². The van der Waals surface area contributed by atoms with Crippen molar-refractivity contribution < 1.29 is 19.4 Å². The topological polar surface area (TPSA) is 55.8 Å². The second kappa shape index (κ2) is 6.52. The third-order valence-electron chi connectivity index (χ3n) is 3.73. The maximum absolute atomic E-state index is 11.4. The number of methoxy groups -OCH3 is 1. The van der Waals surface area contributed by atoms with Gasteiger partial charge in [-0.1, -0.05) is 43.3 Å². The Balaban J connectivity index is 2.37. The van der Waals surface area contributed by atoms with Gasteiger partial charge >= 0.3 is 5.97 Å². The van der Waals surface area contributed by atoms with Crippen LogP contribution in [0.25, 0.3) is 11.1 Å². The molecule has 0 heterocycles. The Kier molecular flexibility index (Phi) is 4.71. The maximum Gasteiger partial charge on any atom is 0.347 e. The molecule has 0 fully saturated rings. The number of benzene rings is 2. The molecule has 4 heteroatoms. The van der Waals surface area contributed by atoms with Crippen LogP contribution in [0.5, 0.6) is 11.5 Å². The molecule has 0 radical (unpaired) electrons. The Bertz CT molecular complexity index is 651. The van der Waals surface area contributed by atoms with Gasteiger partial charge in [0.2, 0.25) is 5.60 Å². The molecule has 0 aliphatic heterocycles. The minimum atomic E-state index is -1.28. The first kappa shape index (κ1) is 15.9. The summed E-state index contributed by atoms with van der Waals surface area (Å²) in [5, 5.41) is 9.32. The van der Waals surface area contributed by atoms with E-state index in [2.05, 4.69) is 0 Å². The van der Waals surface area contributed by atoms with Gasteiger partial charge in [-0.15, -0.1) is 0 Å². The summed E-state index contributed by atoms with van der Waals surface area (Å²) >= 11 is 0. The summed E-state index contributed by atoms with van der Waals surface area (Å²) in [5.41, 5.74) is 0.767. The Morgan fingerprint density at radius 3 is 2.32 bits per heavy atom. The fourth-order valence-corrected chi connectivity index (χ4v) is 2.07. The highest BCUT2D eigenvalue weighted by molar-refractivity contribution is 5.77. The van der Waals surface area contributed by atoms with Gasteiger partial charge in [-0.25, -0.2) is 4.79 Å². The molecular formula is C18H20O4. The number of carbonyl (C=O) groups is 1. The van der Waals surface area contributed by atoms with Crippen LogP contribution in [0.15, 0.2) is 48.5 Å². The van der Waals surface area contributed by atoms with Crippen LogP contribution in [-0.4, -0.2) is 23.8 Å². The Morgan fingerprint density at radius 2 is 1.77 bits per heavy atom. The SMILES string of the molecule is CCC(C)(Oc1ccc(-c2ccccc2)cc1OC)C(=O)O. The molecule has 0 aliphatic carbocycles. The normalized spacial score (nSPS) is 13.2. The number of carboxylic acid groups (broad SMARTS) is 1. The van der Waals surface area contributed by atoms with Crippen LogP contribution >= 0.6 is 0 Å². The minimum absolute atomic E-state index is 0.353. The predicted octanol–water partition coefficient (Wildman–Crippen LogP) is 3.99. The summed E-state index contributed by atoms with van der Waals surface area (Å²) in [6.45, 7) is 3.33. The highest BCUT2D eigenvalue weighted by Crippen LogP contribution is 2.35. The molecule has 0 bridgehead atoms. The van der Waals surface area contributed by atoms with E-state index in [1.165, 1.54) is 0 Å². The van der Waals surface area contributed by atoms with Crippen LogP contribution in [-0.2, 0) is 4.79 Å². The Hall–Kier alpha value is -2.49. The Morgan fingerprint density at radius 1 is 1.09 bits per heavy atom. The third-order valence-corrected chi connectivity index (χ3v) is 3.73. The fourth-order valence-electron chi connectivity index (χ4n) is 2.07. The quantitative estimate of drug-likeness (QED) is 0.876. The molecule has 22 heavy (non-hydrogen) atoms. The smallest absolute Gasteiger partial charge is 0.347 e. The van der Waals surface area contributed by atoms with Crippen molar-refractivity contribution in [2.75, 3.05) is 7.11 Å². The fraction of sp³-hybridized carbons (Fsp3) is 0.278. The molecule has 2 aromatic rings. The zero-order chi connectivity index (χ0) is 16.2.